The molecule has 0 amide bonds. The number of aromatic nitrogens is 2. The third-order valence-electron chi connectivity index (χ3n) is 5.83. The quantitative estimate of drug-likeness (QED) is 0.831. The van der Waals surface area contributed by atoms with Crippen molar-refractivity contribution < 1.29 is 19.0 Å². The van der Waals surface area contributed by atoms with Crippen molar-refractivity contribution in [2.24, 2.45) is 7.05 Å². The van der Waals surface area contributed by atoms with E-state index in [1.54, 1.807) is 4.68 Å². The molecule has 1 N–H and O–H groups in total. The van der Waals surface area contributed by atoms with Crippen LogP contribution in [0.3, 0.4) is 0 Å². The van der Waals surface area contributed by atoms with Gasteiger partial charge in [-0.05, 0) is 30.9 Å². The fourth-order valence-corrected chi connectivity index (χ4v) is 4.35. The summed E-state index contributed by atoms with van der Waals surface area (Å²) in [5.41, 5.74) is 3.51. The molecule has 2 heterocycles. The first kappa shape index (κ1) is 18.3. The third-order valence-corrected chi connectivity index (χ3v) is 5.83. The molecule has 1 aromatic carbocycles. The molecule has 2 fully saturated rings. The van der Waals surface area contributed by atoms with E-state index in [4.69, 9.17) is 14.2 Å². The fraction of sp³-hybridized carbons (Fsp3) is 0.600. The van der Waals surface area contributed by atoms with Crippen LogP contribution in [-0.4, -0.2) is 47.9 Å². The van der Waals surface area contributed by atoms with Gasteiger partial charge in [-0.2, -0.15) is 5.10 Å². The predicted octanol–water partition coefficient (Wildman–Crippen LogP) is 3.02. The van der Waals surface area contributed by atoms with Gasteiger partial charge in [-0.15, -0.1) is 0 Å². The average Bonchev–Trinajstić information content (AvgIpc) is 3.30. The summed E-state index contributed by atoms with van der Waals surface area (Å²) < 4.78 is 18.5. The maximum Gasteiger partial charge on any atom is 0.338 e. The Labute approximate surface area is 159 Å². The Balaban J connectivity index is 1.67. The minimum atomic E-state index is -0.372. The van der Waals surface area contributed by atoms with Crippen molar-refractivity contribution in [1.29, 1.82) is 0 Å². The zero-order chi connectivity index (χ0) is 19.0. The Bertz CT molecular complexity index is 845. The summed E-state index contributed by atoms with van der Waals surface area (Å²) in [7, 11) is 3.31. The summed E-state index contributed by atoms with van der Waals surface area (Å²) in [5.74, 6) is -0.683. The predicted molar refractivity (Wildman–Crippen MR) is 102 cm³/mol. The van der Waals surface area contributed by atoms with Crippen LogP contribution in [-0.2, 0) is 27.7 Å². The van der Waals surface area contributed by atoms with Gasteiger partial charge in [-0.25, -0.2) is 4.79 Å². The van der Waals surface area contributed by atoms with Crippen molar-refractivity contribution in [2.75, 3.05) is 25.6 Å². The molecule has 2 aliphatic rings. The molecule has 0 bridgehead atoms. The van der Waals surface area contributed by atoms with Crippen molar-refractivity contribution in [2.45, 2.75) is 50.9 Å². The second-order valence-electron chi connectivity index (χ2n) is 7.35. The molecule has 0 unspecified atom stereocenters. The summed E-state index contributed by atoms with van der Waals surface area (Å²) in [6, 6.07) is 2.19. The number of fused-ring (bicyclic) bond motifs is 1. The smallest absolute Gasteiger partial charge is 0.338 e. The summed E-state index contributed by atoms with van der Waals surface area (Å²) in [4.78, 5) is 12.4. The normalized spacial score (nSPS) is 19.7. The van der Waals surface area contributed by atoms with Gasteiger partial charge in [0.05, 0.1) is 37.6 Å². The van der Waals surface area contributed by atoms with Crippen LogP contribution in [0, 0.1) is 0 Å². The van der Waals surface area contributed by atoms with Gasteiger partial charge in [0.25, 0.3) is 0 Å². The number of carbonyl (C=O) groups is 1. The second kappa shape index (κ2) is 7.13. The molecule has 4 rings (SSSR count). The Morgan fingerprint density at radius 3 is 2.70 bits per heavy atom. The minimum Gasteiger partial charge on any atom is -0.465 e. The largest absolute Gasteiger partial charge is 0.465 e. The number of anilines is 1. The summed E-state index contributed by atoms with van der Waals surface area (Å²) in [5, 5.41) is 9.14. The molecule has 1 saturated carbocycles. The highest BCUT2D eigenvalue weighted by atomic mass is 16.7. The Morgan fingerprint density at radius 2 is 2.07 bits per heavy atom. The van der Waals surface area contributed by atoms with Gasteiger partial charge in [0, 0.05) is 37.0 Å². The second-order valence-corrected chi connectivity index (χ2v) is 7.35. The molecule has 1 aliphatic carbocycles. The lowest BCUT2D eigenvalue weighted by atomic mass is 9.89. The Kier molecular flexibility index (Phi) is 4.82. The molecular weight excluding hydrogens is 346 g/mol. The summed E-state index contributed by atoms with van der Waals surface area (Å²) in [6.07, 6.45) is 6.31. The number of nitrogens with zero attached hydrogens (tertiary/aromatic N) is 2. The molecule has 0 radical (unpaired) electrons. The number of carbonyl (C=O) groups excluding carboxylic acids is 1. The molecule has 1 aliphatic heterocycles. The number of nitrogens with one attached hydrogen (secondary N) is 1. The molecule has 1 spiro atoms. The van der Waals surface area contributed by atoms with E-state index in [9.17, 15) is 4.79 Å². The number of esters is 1. The van der Waals surface area contributed by atoms with Crippen LogP contribution in [0.1, 0.15) is 48.5 Å². The van der Waals surface area contributed by atoms with E-state index < -0.39 is 0 Å². The van der Waals surface area contributed by atoms with Crippen molar-refractivity contribution in [1.82, 2.24) is 9.78 Å². The standard InChI is InChI=1S/C20H27N3O4/c1-4-14-15(19(24)25-3)11-17-16(12-21-23(17)2)18(14)22-13-5-7-20(8-6-13)26-9-10-27-20/h11-13,22H,4-10H2,1-3H3. The number of hydrogen-bond donors (Lipinski definition) is 1. The first-order chi connectivity index (χ1) is 13.1. The van der Waals surface area contributed by atoms with E-state index in [0.717, 1.165) is 54.3 Å². The maximum atomic E-state index is 12.4. The van der Waals surface area contributed by atoms with Gasteiger partial charge in [-0.1, -0.05) is 6.92 Å². The van der Waals surface area contributed by atoms with Crippen LogP contribution in [0.2, 0.25) is 0 Å². The lowest BCUT2D eigenvalue weighted by molar-refractivity contribution is -0.177. The van der Waals surface area contributed by atoms with Crippen LogP contribution < -0.4 is 5.32 Å². The number of benzene rings is 1. The molecule has 2 aromatic rings. The lowest BCUT2D eigenvalue weighted by Gasteiger charge is -2.36. The number of aryl methyl sites for hydroxylation is 1. The summed E-state index contributed by atoms with van der Waals surface area (Å²) in [6.45, 7) is 3.44. The van der Waals surface area contributed by atoms with E-state index in [2.05, 4.69) is 17.3 Å². The molecular formula is C20H27N3O4. The monoisotopic (exact) mass is 373 g/mol. The fourth-order valence-electron chi connectivity index (χ4n) is 4.35. The van der Waals surface area contributed by atoms with Crippen LogP contribution >= 0.6 is 0 Å². The van der Waals surface area contributed by atoms with Crippen molar-refractivity contribution >= 4 is 22.6 Å². The molecule has 27 heavy (non-hydrogen) atoms. The van der Waals surface area contributed by atoms with Crippen LogP contribution in [0.25, 0.3) is 10.9 Å². The zero-order valence-corrected chi connectivity index (χ0v) is 16.2. The van der Waals surface area contributed by atoms with Crippen LogP contribution in [0.15, 0.2) is 12.3 Å². The minimum absolute atomic E-state index is 0.310. The van der Waals surface area contributed by atoms with E-state index in [1.807, 2.05) is 19.3 Å². The molecule has 7 heteroatoms. The van der Waals surface area contributed by atoms with E-state index in [1.165, 1.54) is 7.11 Å². The first-order valence-corrected chi connectivity index (χ1v) is 9.67. The molecule has 1 saturated heterocycles. The SMILES string of the molecule is CCc1c(C(=O)OC)cc2c(cnn2C)c1NC1CCC2(CC1)OCCO2. The van der Waals surface area contributed by atoms with E-state index >= 15 is 0 Å². The van der Waals surface area contributed by atoms with Crippen molar-refractivity contribution in [3.63, 3.8) is 0 Å². The summed E-state index contributed by atoms with van der Waals surface area (Å²) >= 11 is 0. The molecule has 1 aromatic heterocycles. The number of ether oxygens (including phenoxy) is 3. The average molecular weight is 373 g/mol. The number of methoxy groups -OCH3 is 1. The first-order valence-electron chi connectivity index (χ1n) is 9.67. The molecule has 0 atom stereocenters. The third kappa shape index (κ3) is 3.19. The highest BCUT2D eigenvalue weighted by molar-refractivity contribution is 6.03. The molecule has 7 nitrogen and oxygen atoms in total. The lowest BCUT2D eigenvalue weighted by Crippen LogP contribution is -2.39. The van der Waals surface area contributed by atoms with Gasteiger partial charge in [-0.3, -0.25) is 4.68 Å². The van der Waals surface area contributed by atoms with Gasteiger partial charge < -0.3 is 19.5 Å². The highest BCUT2D eigenvalue weighted by Gasteiger charge is 2.40. The Morgan fingerprint density at radius 1 is 1.37 bits per heavy atom. The van der Waals surface area contributed by atoms with Crippen molar-refractivity contribution in [3.05, 3.63) is 23.4 Å². The van der Waals surface area contributed by atoms with Gasteiger partial charge in [0.2, 0.25) is 0 Å². The highest BCUT2D eigenvalue weighted by Crippen LogP contribution is 2.38. The zero-order valence-electron chi connectivity index (χ0n) is 16.2. The van der Waals surface area contributed by atoms with Crippen LogP contribution in [0.5, 0.6) is 0 Å². The topological polar surface area (TPSA) is 74.6 Å². The van der Waals surface area contributed by atoms with Gasteiger partial charge in [0.1, 0.15) is 0 Å². The Hall–Kier alpha value is -2.12. The van der Waals surface area contributed by atoms with Gasteiger partial charge in [0.15, 0.2) is 5.79 Å². The number of rotatable bonds is 4. The van der Waals surface area contributed by atoms with Gasteiger partial charge >= 0.3 is 5.97 Å². The molecule has 146 valence electrons. The maximum absolute atomic E-state index is 12.4. The number of hydrogen-bond acceptors (Lipinski definition) is 6. The van der Waals surface area contributed by atoms with E-state index in [-0.39, 0.29) is 11.8 Å². The van der Waals surface area contributed by atoms with Crippen LogP contribution in [0.4, 0.5) is 5.69 Å². The van der Waals surface area contributed by atoms with E-state index in [0.29, 0.717) is 24.8 Å². The van der Waals surface area contributed by atoms with Crippen molar-refractivity contribution in [3.8, 4) is 0 Å².